The zero-order valence-electron chi connectivity index (χ0n) is 10.3. The Morgan fingerprint density at radius 3 is 2.88 bits per heavy atom. The van der Waals surface area contributed by atoms with Gasteiger partial charge in [-0.1, -0.05) is 13.8 Å². The minimum atomic E-state index is 0.182. The number of aryl methyl sites for hydroxylation is 1. The molecule has 0 aliphatic carbocycles. The van der Waals surface area contributed by atoms with Crippen molar-refractivity contribution in [3.8, 4) is 0 Å². The maximum atomic E-state index is 5.61. The fraction of sp³-hybridized carbons (Fsp3) is 0.727. The van der Waals surface area contributed by atoms with Gasteiger partial charge in [0.05, 0.1) is 11.7 Å². The highest BCUT2D eigenvalue weighted by molar-refractivity contribution is 7.99. The van der Waals surface area contributed by atoms with Gasteiger partial charge in [-0.15, -0.1) is 0 Å². The van der Waals surface area contributed by atoms with Crippen molar-refractivity contribution in [3.63, 3.8) is 0 Å². The lowest BCUT2D eigenvalue weighted by Gasteiger charge is -2.18. The monoisotopic (exact) mass is 242 g/mol. The van der Waals surface area contributed by atoms with Gasteiger partial charge in [0.25, 0.3) is 0 Å². The van der Waals surface area contributed by atoms with Crippen molar-refractivity contribution in [1.29, 1.82) is 0 Å². The third-order valence-electron chi connectivity index (χ3n) is 2.73. The molecule has 92 valence electrons. The van der Waals surface area contributed by atoms with Crippen LogP contribution in [0.15, 0.2) is 12.3 Å². The van der Waals surface area contributed by atoms with Crippen molar-refractivity contribution in [3.05, 3.63) is 18.0 Å². The Labute approximate surface area is 102 Å². The van der Waals surface area contributed by atoms with E-state index in [9.17, 15) is 0 Å². The molecule has 0 bridgehead atoms. The Balaban J connectivity index is 2.60. The van der Waals surface area contributed by atoms with E-state index in [0.717, 1.165) is 12.3 Å². The molecule has 0 aliphatic rings. The van der Waals surface area contributed by atoms with Crippen LogP contribution in [0.25, 0.3) is 0 Å². The van der Waals surface area contributed by atoms with Crippen LogP contribution >= 0.6 is 11.8 Å². The van der Waals surface area contributed by atoms with Gasteiger partial charge >= 0.3 is 0 Å². The van der Waals surface area contributed by atoms with Crippen LogP contribution in [0.2, 0.25) is 0 Å². The second-order valence-corrected chi connectivity index (χ2v) is 5.31. The molecule has 1 heterocycles. The first-order valence-electron chi connectivity index (χ1n) is 5.82. The molecule has 0 radical (unpaired) electrons. The SMILES string of the molecule is CCC(C)SCC(NN)c1ccnn1CC. The predicted octanol–water partition coefficient (Wildman–Crippen LogP) is 1.94. The molecule has 4 nitrogen and oxygen atoms in total. The van der Waals surface area contributed by atoms with E-state index < -0.39 is 0 Å². The molecule has 1 aromatic heterocycles. The number of nitrogens with two attached hydrogens (primary N) is 1. The third-order valence-corrected chi connectivity index (χ3v) is 4.16. The van der Waals surface area contributed by atoms with E-state index in [1.165, 1.54) is 12.1 Å². The van der Waals surface area contributed by atoms with Crippen LogP contribution in [-0.4, -0.2) is 20.8 Å². The first kappa shape index (κ1) is 13.5. The zero-order chi connectivity index (χ0) is 12.0. The van der Waals surface area contributed by atoms with Gasteiger partial charge in [-0.3, -0.25) is 16.0 Å². The molecule has 3 N–H and O–H groups in total. The fourth-order valence-corrected chi connectivity index (χ4v) is 2.52. The molecule has 0 aliphatic heterocycles. The molecule has 0 aromatic carbocycles. The number of nitrogens with one attached hydrogen (secondary N) is 1. The highest BCUT2D eigenvalue weighted by atomic mass is 32.2. The Hall–Kier alpha value is -0.520. The summed E-state index contributed by atoms with van der Waals surface area (Å²) in [6.45, 7) is 7.43. The summed E-state index contributed by atoms with van der Waals surface area (Å²) < 4.78 is 1.99. The van der Waals surface area contributed by atoms with E-state index in [-0.39, 0.29) is 6.04 Å². The summed E-state index contributed by atoms with van der Waals surface area (Å²) in [5.74, 6) is 6.59. The van der Waals surface area contributed by atoms with Crippen molar-refractivity contribution >= 4 is 11.8 Å². The summed E-state index contributed by atoms with van der Waals surface area (Å²) in [7, 11) is 0. The first-order chi connectivity index (χ1) is 7.72. The number of rotatable bonds is 7. The average molecular weight is 242 g/mol. The third kappa shape index (κ3) is 3.50. The van der Waals surface area contributed by atoms with Crippen LogP contribution in [0, 0.1) is 0 Å². The lowest BCUT2D eigenvalue weighted by atomic mass is 10.2. The summed E-state index contributed by atoms with van der Waals surface area (Å²) in [6, 6.07) is 2.21. The predicted molar refractivity (Wildman–Crippen MR) is 70.2 cm³/mol. The van der Waals surface area contributed by atoms with Crippen molar-refractivity contribution < 1.29 is 0 Å². The van der Waals surface area contributed by atoms with Gasteiger partial charge in [0.15, 0.2) is 0 Å². The molecule has 0 amide bonds. The van der Waals surface area contributed by atoms with Crippen molar-refractivity contribution in [1.82, 2.24) is 15.2 Å². The first-order valence-corrected chi connectivity index (χ1v) is 6.87. The topological polar surface area (TPSA) is 55.9 Å². The number of hydrogen-bond acceptors (Lipinski definition) is 4. The standard InChI is InChI=1S/C11H22N4S/c1-4-9(3)16-8-10(14-12)11-6-7-13-15(11)5-2/h6-7,9-10,14H,4-5,8,12H2,1-3H3. The number of hydrogen-bond donors (Lipinski definition) is 2. The number of aromatic nitrogens is 2. The van der Waals surface area contributed by atoms with Crippen molar-refractivity contribution in [2.75, 3.05) is 5.75 Å². The lowest BCUT2D eigenvalue weighted by molar-refractivity contribution is 0.527. The number of thioether (sulfide) groups is 1. The smallest absolute Gasteiger partial charge is 0.0719 e. The van der Waals surface area contributed by atoms with Gasteiger partial charge in [-0.2, -0.15) is 16.9 Å². The maximum absolute atomic E-state index is 5.61. The van der Waals surface area contributed by atoms with Gasteiger partial charge < -0.3 is 0 Å². The van der Waals surface area contributed by atoms with E-state index in [4.69, 9.17) is 5.84 Å². The van der Waals surface area contributed by atoms with Gasteiger partial charge in [0, 0.05) is 23.7 Å². The second kappa shape index (κ2) is 6.93. The lowest BCUT2D eigenvalue weighted by Crippen LogP contribution is -2.31. The van der Waals surface area contributed by atoms with Crippen LogP contribution in [-0.2, 0) is 6.54 Å². The summed E-state index contributed by atoms with van der Waals surface area (Å²) in [5, 5.41) is 4.94. The van der Waals surface area contributed by atoms with Crippen LogP contribution in [0.5, 0.6) is 0 Å². The molecule has 0 saturated heterocycles. The maximum Gasteiger partial charge on any atom is 0.0719 e. The van der Waals surface area contributed by atoms with Gasteiger partial charge in [-0.05, 0) is 19.4 Å². The molecule has 5 heteroatoms. The minimum absolute atomic E-state index is 0.182. The summed E-state index contributed by atoms with van der Waals surface area (Å²) >= 11 is 1.94. The molecule has 0 fully saturated rings. The van der Waals surface area contributed by atoms with E-state index in [1.54, 1.807) is 0 Å². The second-order valence-electron chi connectivity index (χ2n) is 3.84. The largest absolute Gasteiger partial charge is 0.271 e. The van der Waals surface area contributed by atoms with E-state index in [0.29, 0.717) is 5.25 Å². The number of hydrazine groups is 1. The molecule has 2 unspecified atom stereocenters. The molecular formula is C11H22N4S. The van der Waals surface area contributed by atoms with E-state index in [1.807, 2.05) is 28.7 Å². The minimum Gasteiger partial charge on any atom is -0.271 e. The van der Waals surface area contributed by atoms with Crippen LogP contribution < -0.4 is 11.3 Å². The van der Waals surface area contributed by atoms with Crippen LogP contribution in [0.3, 0.4) is 0 Å². The molecular weight excluding hydrogens is 220 g/mol. The summed E-state index contributed by atoms with van der Waals surface area (Å²) in [5.41, 5.74) is 4.04. The van der Waals surface area contributed by atoms with Crippen LogP contribution in [0.4, 0.5) is 0 Å². The van der Waals surface area contributed by atoms with Crippen LogP contribution in [0.1, 0.15) is 38.9 Å². The molecule has 1 rings (SSSR count). The van der Waals surface area contributed by atoms with E-state index in [2.05, 4.69) is 31.3 Å². The number of nitrogens with zero attached hydrogens (tertiary/aromatic N) is 2. The molecule has 2 atom stereocenters. The van der Waals surface area contributed by atoms with Gasteiger partial charge in [-0.25, -0.2) is 0 Å². The normalized spacial score (nSPS) is 15.0. The highest BCUT2D eigenvalue weighted by Crippen LogP contribution is 2.22. The van der Waals surface area contributed by atoms with E-state index >= 15 is 0 Å². The highest BCUT2D eigenvalue weighted by Gasteiger charge is 2.15. The van der Waals surface area contributed by atoms with Crippen molar-refractivity contribution in [2.24, 2.45) is 5.84 Å². The van der Waals surface area contributed by atoms with Gasteiger partial charge in [0.1, 0.15) is 0 Å². The molecule has 0 spiro atoms. The molecule has 16 heavy (non-hydrogen) atoms. The summed E-state index contributed by atoms with van der Waals surface area (Å²) in [6.07, 6.45) is 3.02. The van der Waals surface area contributed by atoms with Gasteiger partial charge in [0.2, 0.25) is 0 Å². The Bertz CT molecular complexity index is 300. The Kier molecular flexibility index (Phi) is 5.87. The zero-order valence-corrected chi connectivity index (χ0v) is 11.1. The Morgan fingerprint density at radius 1 is 1.56 bits per heavy atom. The quantitative estimate of drug-likeness (QED) is 0.567. The average Bonchev–Trinajstić information content (AvgIpc) is 2.77. The fourth-order valence-electron chi connectivity index (χ4n) is 1.50. The molecule has 0 saturated carbocycles. The Morgan fingerprint density at radius 2 is 2.31 bits per heavy atom. The molecule has 1 aromatic rings. The summed E-state index contributed by atoms with van der Waals surface area (Å²) in [4.78, 5) is 0. The van der Waals surface area contributed by atoms with Crippen molar-refractivity contribution in [2.45, 2.75) is 45.0 Å².